The van der Waals surface area contributed by atoms with Crippen LogP contribution < -0.4 is 20.9 Å². The predicted octanol–water partition coefficient (Wildman–Crippen LogP) is 1.53. The molecule has 2 heterocycles. The monoisotopic (exact) mass is 284 g/mol. The summed E-state index contributed by atoms with van der Waals surface area (Å²) in [5.74, 6) is 0.647. The van der Waals surface area contributed by atoms with E-state index in [4.69, 9.17) is 26.2 Å². The minimum atomic E-state index is -0.107. The van der Waals surface area contributed by atoms with Crippen LogP contribution in [-0.2, 0) is 6.42 Å². The fourth-order valence-corrected chi connectivity index (χ4v) is 2.31. The molecule has 1 aromatic carbocycles. The molecule has 0 radical (unpaired) electrons. The Morgan fingerprint density at radius 1 is 1.43 bits per heavy atom. The number of nitriles is 1. The number of hydrogen-bond donors (Lipinski definition) is 3. The van der Waals surface area contributed by atoms with Gasteiger partial charge in [0.05, 0.1) is 12.8 Å². The second-order valence-corrected chi connectivity index (χ2v) is 4.56. The molecule has 1 aromatic heterocycles. The Labute approximate surface area is 120 Å². The van der Waals surface area contributed by atoms with Gasteiger partial charge in [-0.15, -0.1) is 0 Å². The van der Waals surface area contributed by atoms with Gasteiger partial charge in [-0.05, 0) is 6.07 Å². The maximum absolute atomic E-state index is 10.1. The van der Waals surface area contributed by atoms with Gasteiger partial charge in [-0.2, -0.15) is 10.2 Å². The van der Waals surface area contributed by atoms with Crippen molar-refractivity contribution in [1.82, 2.24) is 4.98 Å². The highest BCUT2D eigenvalue weighted by molar-refractivity contribution is 5.73. The number of phenolic OH excluding ortho intramolecular Hbond substituents is 1. The van der Waals surface area contributed by atoms with E-state index >= 15 is 0 Å². The van der Waals surface area contributed by atoms with E-state index in [1.165, 1.54) is 7.11 Å². The molecule has 0 unspecified atom stereocenters. The van der Waals surface area contributed by atoms with E-state index in [1.807, 2.05) is 6.07 Å². The number of rotatable bonds is 1. The molecule has 0 bridgehead atoms. The summed E-state index contributed by atoms with van der Waals surface area (Å²) in [6.45, 7) is 0. The molecule has 1 aliphatic heterocycles. The Kier molecular flexibility index (Phi) is 2.73. The summed E-state index contributed by atoms with van der Waals surface area (Å²) in [5, 5.41) is 19.2. The lowest BCUT2D eigenvalue weighted by molar-refractivity contribution is 0.346. The lowest BCUT2D eigenvalue weighted by Crippen LogP contribution is -2.12. The molecule has 0 amide bonds. The largest absolute Gasteiger partial charge is 0.502 e. The van der Waals surface area contributed by atoms with Crippen LogP contribution in [0.1, 0.15) is 16.7 Å². The lowest BCUT2D eigenvalue weighted by Gasteiger charge is -2.22. The Balaban J connectivity index is 2.18. The van der Waals surface area contributed by atoms with Crippen molar-refractivity contribution in [3.05, 3.63) is 28.8 Å². The number of hydrogen-bond acceptors (Lipinski definition) is 7. The first kappa shape index (κ1) is 12.9. The van der Waals surface area contributed by atoms with E-state index in [0.717, 1.165) is 5.56 Å². The average Bonchev–Trinajstić information content (AvgIpc) is 2.47. The molecule has 7 heteroatoms. The number of benzene rings is 1. The van der Waals surface area contributed by atoms with Crippen molar-refractivity contribution in [2.75, 3.05) is 18.6 Å². The molecular formula is C14H12N4O3. The van der Waals surface area contributed by atoms with Crippen LogP contribution in [0.5, 0.6) is 23.1 Å². The molecule has 3 rings (SSSR count). The second kappa shape index (κ2) is 4.45. The van der Waals surface area contributed by atoms with Crippen LogP contribution in [0.3, 0.4) is 0 Å². The van der Waals surface area contributed by atoms with Crippen molar-refractivity contribution in [1.29, 1.82) is 5.26 Å². The molecule has 5 N–H and O–H groups in total. The summed E-state index contributed by atoms with van der Waals surface area (Å²) in [6, 6.07) is 5.33. The van der Waals surface area contributed by atoms with E-state index in [9.17, 15) is 5.11 Å². The molecule has 106 valence electrons. The minimum Gasteiger partial charge on any atom is -0.502 e. The highest BCUT2D eigenvalue weighted by Crippen LogP contribution is 2.47. The quantitative estimate of drug-likeness (QED) is 0.618. The van der Waals surface area contributed by atoms with Crippen molar-refractivity contribution in [3.8, 4) is 29.2 Å². The van der Waals surface area contributed by atoms with E-state index in [-0.39, 0.29) is 34.4 Å². The molecule has 0 aliphatic carbocycles. The fraction of sp³-hybridized carbons (Fsp3) is 0.143. The van der Waals surface area contributed by atoms with Crippen LogP contribution in [0.15, 0.2) is 12.1 Å². The number of nitrogens with zero attached hydrogens (tertiary/aromatic N) is 2. The fourth-order valence-electron chi connectivity index (χ4n) is 2.31. The van der Waals surface area contributed by atoms with Gasteiger partial charge in [0, 0.05) is 17.5 Å². The molecule has 0 atom stereocenters. The first-order valence-corrected chi connectivity index (χ1v) is 6.11. The van der Waals surface area contributed by atoms with Crippen LogP contribution in [0.25, 0.3) is 0 Å². The van der Waals surface area contributed by atoms with Crippen molar-refractivity contribution < 1.29 is 14.6 Å². The smallest absolute Gasteiger partial charge is 0.227 e. The zero-order chi connectivity index (χ0) is 15.1. The molecule has 7 nitrogen and oxygen atoms in total. The first-order chi connectivity index (χ1) is 10.1. The number of aromatic nitrogens is 1. The predicted molar refractivity (Wildman–Crippen MR) is 75.3 cm³/mol. The number of methoxy groups -OCH3 is 1. The van der Waals surface area contributed by atoms with Gasteiger partial charge in [-0.1, -0.05) is 6.07 Å². The molecule has 0 saturated heterocycles. The topological polar surface area (TPSA) is 127 Å². The first-order valence-electron chi connectivity index (χ1n) is 6.11. The summed E-state index contributed by atoms with van der Waals surface area (Å²) >= 11 is 0. The number of pyridine rings is 1. The maximum Gasteiger partial charge on any atom is 0.227 e. The second-order valence-electron chi connectivity index (χ2n) is 4.56. The highest BCUT2D eigenvalue weighted by Gasteiger charge is 2.27. The van der Waals surface area contributed by atoms with Gasteiger partial charge < -0.3 is 26.0 Å². The SMILES string of the molecule is COc1ccc2c(c1O)Oc1nc(N)c(C#N)c(N)c1C2. The van der Waals surface area contributed by atoms with E-state index < -0.39 is 0 Å². The van der Waals surface area contributed by atoms with Crippen LogP contribution in [0.2, 0.25) is 0 Å². The number of nitrogen functional groups attached to an aromatic ring is 2. The number of aromatic hydroxyl groups is 1. The zero-order valence-electron chi connectivity index (χ0n) is 11.2. The Bertz CT molecular complexity index is 796. The number of anilines is 2. The molecule has 0 spiro atoms. The summed E-state index contributed by atoms with van der Waals surface area (Å²) in [4.78, 5) is 4.04. The number of fused-ring (bicyclic) bond motifs is 2. The van der Waals surface area contributed by atoms with Crippen molar-refractivity contribution in [2.24, 2.45) is 0 Å². The third-order valence-electron chi connectivity index (χ3n) is 3.40. The Morgan fingerprint density at radius 3 is 2.86 bits per heavy atom. The number of nitrogens with two attached hydrogens (primary N) is 2. The average molecular weight is 284 g/mol. The van der Waals surface area contributed by atoms with Crippen molar-refractivity contribution >= 4 is 11.5 Å². The standard InChI is InChI=1S/C14H12N4O3/c1-20-9-3-2-6-4-7-10(16)8(5-15)13(17)18-14(7)21-12(6)11(9)19/h2-3,19H,4H2,1H3,(H4,16,17,18). The molecule has 2 aromatic rings. The lowest BCUT2D eigenvalue weighted by atomic mass is 9.98. The van der Waals surface area contributed by atoms with Crippen molar-refractivity contribution in [3.63, 3.8) is 0 Å². The van der Waals surface area contributed by atoms with Crippen LogP contribution in [0.4, 0.5) is 11.5 Å². The van der Waals surface area contributed by atoms with Gasteiger partial charge in [0.25, 0.3) is 0 Å². The van der Waals surface area contributed by atoms with Crippen LogP contribution in [0, 0.1) is 11.3 Å². The van der Waals surface area contributed by atoms with Gasteiger partial charge in [-0.25, -0.2) is 0 Å². The summed E-state index contributed by atoms with van der Waals surface area (Å²) < 4.78 is 10.6. The van der Waals surface area contributed by atoms with Gasteiger partial charge >= 0.3 is 0 Å². The van der Waals surface area contributed by atoms with Gasteiger partial charge in [0.1, 0.15) is 17.5 Å². The van der Waals surface area contributed by atoms with Crippen LogP contribution >= 0.6 is 0 Å². The molecular weight excluding hydrogens is 272 g/mol. The zero-order valence-corrected chi connectivity index (χ0v) is 11.2. The highest BCUT2D eigenvalue weighted by atomic mass is 16.5. The third-order valence-corrected chi connectivity index (χ3v) is 3.40. The Morgan fingerprint density at radius 2 is 2.19 bits per heavy atom. The summed E-state index contributed by atoms with van der Waals surface area (Å²) in [6.07, 6.45) is 0.385. The van der Waals surface area contributed by atoms with Crippen molar-refractivity contribution in [2.45, 2.75) is 6.42 Å². The number of phenols is 1. The van der Waals surface area contributed by atoms with Gasteiger partial charge in [0.2, 0.25) is 11.6 Å². The summed E-state index contributed by atoms with van der Waals surface area (Å²) in [7, 11) is 1.45. The number of ether oxygens (including phenoxy) is 2. The molecule has 21 heavy (non-hydrogen) atoms. The van der Waals surface area contributed by atoms with Gasteiger partial charge in [0.15, 0.2) is 11.5 Å². The third kappa shape index (κ3) is 1.77. The van der Waals surface area contributed by atoms with E-state index in [0.29, 0.717) is 17.7 Å². The van der Waals surface area contributed by atoms with E-state index in [1.54, 1.807) is 12.1 Å². The normalized spacial score (nSPS) is 11.8. The van der Waals surface area contributed by atoms with E-state index in [2.05, 4.69) is 4.98 Å². The molecule has 0 saturated carbocycles. The van der Waals surface area contributed by atoms with Gasteiger partial charge in [-0.3, -0.25) is 0 Å². The molecule has 0 fully saturated rings. The summed E-state index contributed by atoms with van der Waals surface area (Å²) in [5.41, 5.74) is 13.3. The van der Waals surface area contributed by atoms with Crippen LogP contribution in [-0.4, -0.2) is 17.2 Å². The minimum absolute atomic E-state index is 0.000383. The Hall–Kier alpha value is -3.14. The maximum atomic E-state index is 10.1. The molecule has 1 aliphatic rings.